The second-order valence-electron chi connectivity index (χ2n) is 3.14. The Morgan fingerprint density at radius 2 is 2.08 bits per heavy atom. The Hall–Kier alpha value is -1.57. The van der Waals surface area contributed by atoms with E-state index in [1.165, 1.54) is 10.9 Å². The molecule has 1 heterocycles. The molecule has 2 aromatic rings. The molecule has 0 bridgehead atoms. The minimum atomic E-state index is 1.15. The molecule has 0 saturated heterocycles. The maximum Gasteiger partial charge on any atom is 0.214 e. The van der Waals surface area contributed by atoms with Gasteiger partial charge in [-0.3, -0.25) is 0 Å². The minimum absolute atomic E-state index is 1.15. The van der Waals surface area contributed by atoms with Gasteiger partial charge in [0.2, 0.25) is 5.52 Å². The van der Waals surface area contributed by atoms with Crippen LogP contribution in [0.15, 0.2) is 36.5 Å². The third-order valence-corrected chi connectivity index (χ3v) is 2.28. The van der Waals surface area contributed by atoms with Crippen LogP contribution >= 0.6 is 0 Å². The van der Waals surface area contributed by atoms with Crippen molar-refractivity contribution in [3.63, 3.8) is 0 Å². The first-order valence-corrected chi connectivity index (χ1v) is 4.37. The van der Waals surface area contributed by atoms with Gasteiger partial charge >= 0.3 is 0 Å². The monoisotopic (exact) mass is 173 g/mol. The molecular formula is C11H13N2+. The van der Waals surface area contributed by atoms with E-state index in [1.54, 1.807) is 0 Å². The zero-order valence-corrected chi connectivity index (χ0v) is 7.91. The summed E-state index contributed by atoms with van der Waals surface area (Å²) in [5.74, 6) is 0. The molecule has 0 saturated carbocycles. The summed E-state index contributed by atoms with van der Waals surface area (Å²) < 4.78 is 2.12. The first kappa shape index (κ1) is 8.05. The predicted octanol–water partition coefficient (Wildman–Crippen LogP) is 1.71. The Kier molecular flexibility index (Phi) is 1.89. The van der Waals surface area contributed by atoms with E-state index in [4.69, 9.17) is 0 Å². The molecule has 0 atom stereocenters. The van der Waals surface area contributed by atoms with Gasteiger partial charge in [0.05, 0.1) is 0 Å². The largest absolute Gasteiger partial charge is 0.388 e. The standard InChI is InChI=1S/C11H12N2/c1-12-10-6-5-9-4-3-7-13(2)11(9)8-10/h3-8H,1-2H3/p+1. The van der Waals surface area contributed by atoms with Crippen LogP contribution in [0.4, 0.5) is 5.69 Å². The van der Waals surface area contributed by atoms with Crippen LogP contribution in [0.3, 0.4) is 0 Å². The summed E-state index contributed by atoms with van der Waals surface area (Å²) >= 11 is 0. The number of nitrogens with zero attached hydrogens (tertiary/aromatic N) is 1. The molecule has 13 heavy (non-hydrogen) atoms. The highest BCUT2D eigenvalue weighted by molar-refractivity contribution is 5.79. The van der Waals surface area contributed by atoms with Gasteiger partial charge in [-0.05, 0) is 18.2 Å². The molecule has 1 aromatic carbocycles. The fourth-order valence-electron chi connectivity index (χ4n) is 1.50. The molecule has 2 rings (SSSR count). The van der Waals surface area contributed by atoms with Crippen molar-refractivity contribution in [3.8, 4) is 0 Å². The molecule has 0 amide bonds. The number of benzene rings is 1. The quantitative estimate of drug-likeness (QED) is 0.649. The smallest absolute Gasteiger partial charge is 0.214 e. The number of hydrogen-bond donors (Lipinski definition) is 1. The van der Waals surface area contributed by atoms with E-state index in [1.807, 2.05) is 7.05 Å². The number of rotatable bonds is 1. The van der Waals surface area contributed by atoms with Gasteiger partial charge in [0.1, 0.15) is 7.05 Å². The molecule has 1 N–H and O–H groups in total. The van der Waals surface area contributed by atoms with Crippen molar-refractivity contribution in [2.24, 2.45) is 7.05 Å². The summed E-state index contributed by atoms with van der Waals surface area (Å²) in [6, 6.07) is 10.5. The number of aryl methyl sites for hydroxylation is 1. The van der Waals surface area contributed by atoms with Gasteiger partial charge in [0, 0.05) is 30.3 Å². The summed E-state index contributed by atoms with van der Waals surface area (Å²) in [5, 5.41) is 4.40. The van der Waals surface area contributed by atoms with Crippen molar-refractivity contribution in [2.45, 2.75) is 0 Å². The summed E-state index contributed by atoms with van der Waals surface area (Å²) in [6.07, 6.45) is 2.06. The normalized spacial score (nSPS) is 10.3. The molecule has 0 spiro atoms. The molecule has 66 valence electrons. The Morgan fingerprint density at radius 3 is 2.85 bits per heavy atom. The van der Waals surface area contributed by atoms with Crippen LogP contribution in [0, 0.1) is 0 Å². The minimum Gasteiger partial charge on any atom is -0.388 e. The predicted molar refractivity (Wildman–Crippen MR) is 54.7 cm³/mol. The number of nitrogens with one attached hydrogen (secondary N) is 1. The summed E-state index contributed by atoms with van der Waals surface area (Å²) in [6.45, 7) is 0. The molecule has 0 aliphatic heterocycles. The maximum absolute atomic E-state index is 3.13. The zero-order valence-electron chi connectivity index (χ0n) is 7.91. The molecule has 0 aliphatic rings. The van der Waals surface area contributed by atoms with Gasteiger partial charge in [-0.25, -0.2) is 4.57 Å². The highest BCUT2D eigenvalue weighted by Gasteiger charge is 2.03. The van der Waals surface area contributed by atoms with Gasteiger partial charge in [0.25, 0.3) is 0 Å². The van der Waals surface area contributed by atoms with E-state index in [-0.39, 0.29) is 0 Å². The van der Waals surface area contributed by atoms with Gasteiger partial charge in [-0.1, -0.05) is 0 Å². The first-order valence-electron chi connectivity index (χ1n) is 4.37. The van der Waals surface area contributed by atoms with Crippen LogP contribution < -0.4 is 9.88 Å². The van der Waals surface area contributed by atoms with Crippen molar-refractivity contribution in [1.82, 2.24) is 0 Å². The van der Waals surface area contributed by atoms with E-state index in [0.717, 1.165) is 5.69 Å². The molecule has 0 aliphatic carbocycles. The van der Waals surface area contributed by atoms with Crippen LogP contribution in [0.1, 0.15) is 0 Å². The summed E-state index contributed by atoms with van der Waals surface area (Å²) in [4.78, 5) is 0. The topological polar surface area (TPSA) is 15.9 Å². The fourth-order valence-corrected chi connectivity index (χ4v) is 1.50. The van der Waals surface area contributed by atoms with E-state index in [9.17, 15) is 0 Å². The fraction of sp³-hybridized carbons (Fsp3) is 0.182. The van der Waals surface area contributed by atoms with Crippen LogP contribution in [-0.2, 0) is 7.05 Å². The third-order valence-electron chi connectivity index (χ3n) is 2.28. The molecule has 0 radical (unpaired) electrons. The Labute approximate surface area is 77.8 Å². The second-order valence-corrected chi connectivity index (χ2v) is 3.14. The van der Waals surface area contributed by atoms with Crippen LogP contribution in [0.25, 0.3) is 10.9 Å². The summed E-state index contributed by atoms with van der Waals surface area (Å²) in [5.41, 5.74) is 2.39. The number of fused-ring (bicyclic) bond motifs is 1. The molecule has 2 nitrogen and oxygen atoms in total. The lowest BCUT2D eigenvalue weighted by atomic mass is 10.2. The number of hydrogen-bond acceptors (Lipinski definition) is 1. The van der Waals surface area contributed by atoms with E-state index in [0.29, 0.717) is 0 Å². The molecule has 0 unspecified atom stereocenters. The molecular weight excluding hydrogens is 160 g/mol. The van der Waals surface area contributed by atoms with Crippen LogP contribution in [0.5, 0.6) is 0 Å². The Bertz CT molecular complexity index is 435. The van der Waals surface area contributed by atoms with Crippen LogP contribution in [-0.4, -0.2) is 7.05 Å². The highest BCUT2D eigenvalue weighted by Crippen LogP contribution is 2.14. The lowest BCUT2D eigenvalue weighted by Crippen LogP contribution is -2.27. The van der Waals surface area contributed by atoms with Crippen molar-refractivity contribution >= 4 is 16.6 Å². The maximum atomic E-state index is 3.13. The van der Waals surface area contributed by atoms with E-state index >= 15 is 0 Å². The van der Waals surface area contributed by atoms with E-state index < -0.39 is 0 Å². The van der Waals surface area contributed by atoms with Crippen molar-refractivity contribution in [3.05, 3.63) is 36.5 Å². The van der Waals surface area contributed by atoms with Gasteiger partial charge in [0.15, 0.2) is 6.20 Å². The van der Waals surface area contributed by atoms with Gasteiger partial charge in [-0.2, -0.15) is 0 Å². The second kappa shape index (κ2) is 3.05. The van der Waals surface area contributed by atoms with E-state index in [2.05, 4.69) is 53.5 Å². The molecule has 1 aromatic heterocycles. The van der Waals surface area contributed by atoms with Crippen LogP contribution in [0.2, 0.25) is 0 Å². The van der Waals surface area contributed by atoms with Gasteiger partial charge in [-0.15, -0.1) is 0 Å². The lowest BCUT2D eigenvalue weighted by Gasteiger charge is -2.00. The number of aromatic nitrogens is 1. The average Bonchev–Trinajstić information content (AvgIpc) is 2.18. The number of pyridine rings is 1. The highest BCUT2D eigenvalue weighted by atomic mass is 14.9. The first-order chi connectivity index (χ1) is 6.31. The molecule has 0 fully saturated rings. The van der Waals surface area contributed by atoms with Gasteiger partial charge < -0.3 is 5.32 Å². The Morgan fingerprint density at radius 1 is 1.23 bits per heavy atom. The third kappa shape index (κ3) is 1.35. The lowest BCUT2D eigenvalue weighted by molar-refractivity contribution is -0.644. The average molecular weight is 173 g/mol. The van der Waals surface area contributed by atoms with Crippen molar-refractivity contribution in [2.75, 3.05) is 12.4 Å². The zero-order chi connectivity index (χ0) is 9.26. The molecule has 2 heteroatoms. The van der Waals surface area contributed by atoms with Crippen molar-refractivity contribution in [1.29, 1.82) is 0 Å². The SMILES string of the molecule is CNc1ccc2ccc[n+](C)c2c1. The number of anilines is 1. The summed E-state index contributed by atoms with van der Waals surface area (Å²) in [7, 11) is 3.99. The van der Waals surface area contributed by atoms with Crippen molar-refractivity contribution < 1.29 is 4.57 Å². The Balaban J connectivity index is 2.74.